The van der Waals surface area contributed by atoms with Gasteiger partial charge in [-0.1, -0.05) is 30.3 Å². The summed E-state index contributed by atoms with van der Waals surface area (Å²) in [6.07, 6.45) is 1.55. The Labute approximate surface area is 141 Å². The summed E-state index contributed by atoms with van der Waals surface area (Å²) in [5, 5.41) is 13.7. The molecule has 0 saturated carbocycles. The van der Waals surface area contributed by atoms with Crippen molar-refractivity contribution < 1.29 is 13.9 Å². The van der Waals surface area contributed by atoms with Crippen molar-refractivity contribution in [3.8, 4) is 0 Å². The van der Waals surface area contributed by atoms with Crippen molar-refractivity contribution in [1.29, 1.82) is 0 Å². The number of nitrogens with one attached hydrogen (secondary N) is 1. The van der Waals surface area contributed by atoms with E-state index in [-0.39, 0.29) is 22.7 Å². The van der Waals surface area contributed by atoms with Crippen LogP contribution >= 0.6 is 0 Å². The van der Waals surface area contributed by atoms with Crippen LogP contribution in [0, 0.1) is 10.1 Å². The zero-order chi connectivity index (χ0) is 17.7. The van der Waals surface area contributed by atoms with Crippen LogP contribution in [0.1, 0.15) is 22.0 Å². The highest BCUT2D eigenvalue weighted by molar-refractivity contribution is 7.84. The van der Waals surface area contributed by atoms with Gasteiger partial charge >= 0.3 is 0 Å². The maximum atomic E-state index is 12.4. The summed E-state index contributed by atoms with van der Waals surface area (Å²) in [5.41, 5.74) is 6.14. The number of nitrogens with two attached hydrogens (primary N) is 1. The minimum absolute atomic E-state index is 0.00850. The topological polar surface area (TPSA) is 115 Å². The molecule has 0 aliphatic carbocycles. The molecule has 2 aromatic carbocycles. The Balaban J connectivity index is 2.26. The molecule has 1 amide bonds. The Bertz CT molecular complexity index is 780. The number of amides is 1. The SMILES string of the molecule is C[S@](=O)C[C@H](NC(=O)c1ccc(N)c([N+](=O)[O-])c1)c1ccccc1. The predicted molar refractivity (Wildman–Crippen MR) is 93.1 cm³/mol. The van der Waals surface area contributed by atoms with Gasteiger partial charge in [-0.3, -0.25) is 19.1 Å². The third-order valence-electron chi connectivity index (χ3n) is 3.40. The average Bonchev–Trinajstić information content (AvgIpc) is 2.54. The van der Waals surface area contributed by atoms with Crippen LogP contribution in [0.3, 0.4) is 0 Å². The van der Waals surface area contributed by atoms with Crippen molar-refractivity contribution in [2.24, 2.45) is 0 Å². The summed E-state index contributed by atoms with van der Waals surface area (Å²) >= 11 is 0. The number of hydrogen-bond donors (Lipinski definition) is 2. The van der Waals surface area contributed by atoms with Crippen LogP contribution in [-0.4, -0.2) is 27.0 Å². The highest BCUT2D eigenvalue weighted by atomic mass is 32.2. The van der Waals surface area contributed by atoms with Crippen molar-refractivity contribution in [3.63, 3.8) is 0 Å². The molecule has 0 bridgehead atoms. The van der Waals surface area contributed by atoms with E-state index in [9.17, 15) is 19.1 Å². The lowest BCUT2D eigenvalue weighted by atomic mass is 10.1. The lowest BCUT2D eigenvalue weighted by Crippen LogP contribution is -2.32. The molecule has 0 unspecified atom stereocenters. The van der Waals surface area contributed by atoms with Gasteiger partial charge in [0, 0.05) is 34.4 Å². The second-order valence-corrected chi connectivity index (χ2v) is 6.69. The molecule has 0 aliphatic heterocycles. The molecule has 3 N–H and O–H groups in total. The molecular weight excluding hydrogens is 330 g/mol. The normalized spacial score (nSPS) is 13.0. The van der Waals surface area contributed by atoms with Crippen LogP contribution in [0.25, 0.3) is 0 Å². The van der Waals surface area contributed by atoms with Crippen LogP contribution in [0.2, 0.25) is 0 Å². The Morgan fingerprint density at radius 3 is 2.54 bits per heavy atom. The molecule has 8 heteroatoms. The third kappa shape index (κ3) is 4.39. The first-order valence-electron chi connectivity index (χ1n) is 7.08. The zero-order valence-electron chi connectivity index (χ0n) is 13.0. The molecule has 126 valence electrons. The van der Waals surface area contributed by atoms with Gasteiger partial charge in [0.15, 0.2) is 0 Å². The van der Waals surface area contributed by atoms with Crippen LogP contribution < -0.4 is 11.1 Å². The van der Waals surface area contributed by atoms with Crippen molar-refractivity contribution >= 4 is 28.1 Å². The van der Waals surface area contributed by atoms with E-state index in [1.807, 2.05) is 30.3 Å². The maximum Gasteiger partial charge on any atom is 0.292 e. The van der Waals surface area contributed by atoms with E-state index < -0.39 is 27.7 Å². The smallest absolute Gasteiger partial charge is 0.292 e. The first-order chi connectivity index (χ1) is 11.4. The van der Waals surface area contributed by atoms with Gasteiger partial charge in [-0.05, 0) is 17.7 Å². The summed E-state index contributed by atoms with van der Waals surface area (Å²) in [7, 11) is -1.13. The number of rotatable bonds is 6. The lowest BCUT2D eigenvalue weighted by Gasteiger charge is -2.18. The first-order valence-corrected chi connectivity index (χ1v) is 8.81. The van der Waals surface area contributed by atoms with Crippen molar-refractivity contribution in [3.05, 3.63) is 69.8 Å². The molecule has 0 aromatic heterocycles. The van der Waals surface area contributed by atoms with Gasteiger partial charge in [0.2, 0.25) is 0 Å². The molecule has 2 atom stereocenters. The number of nitrogens with zero attached hydrogens (tertiary/aromatic N) is 1. The zero-order valence-corrected chi connectivity index (χ0v) is 13.8. The minimum atomic E-state index is -1.13. The number of carbonyl (C=O) groups excluding carboxylic acids is 1. The Morgan fingerprint density at radius 1 is 1.29 bits per heavy atom. The monoisotopic (exact) mass is 347 g/mol. The second-order valence-electron chi connectivity index (χ2n) is 5.21. The molecule has 0 saturated heterocycles. The Hall–Kier alpha value is -2.74. The molecule has 0 heterocycles. The van der Waals surface area contributed by atoms with Crippen LogP contribution in [0.15, 0.2) is 48.5 Å². The van der Waals surface area contributed by atoms with Crippen molar-refractivity contribution in [2.45, 2.75) is 6.04 Å². The molecule has 24 heavy (non-hydrogen) atoms. The molecule has 2 rings (SSSR count). The number of anilines is 1. The largest absolute Gasteiger partial charge is 0.393 e. The number of carbonyl (C=O) groups is 1. The fourth-order valence-corrected chi connectivity index (χ4v) is 2.97. The number of hydrogen-bond acceptors (Lipinski definition) is 5. The second kappa shape index (κ2) is 7.69. The third-order valence-corrected chi connectivity index (χ3v) is 4.20. The van der Waals surface area contributed by atoms with Gasteiger partial charge < -0.3 is 11.1 Å². The van der Waals surface area contributed by atoms with Gasteiger partial charge in [-0.15, -0.1) is 0 Å². The van der Waals surface area contributed by atoms with Gasteiger partial charge in [0.1, 0.15) is 5.69 Å². The molecule has 7 nitrogen and oxygen atoms in total. The van der Waals surface area contributed by atoms with Crippen LogP contribution in [-0.2, 0) is 10.8 Å². The van der Waals surface area contributed by atoms with Crippen molar-refractivity contribution in [2.75, 3.05) is 17.7 Å². The molecule has 2 aromatic rings. The van der Waals surface area contributed by atoms with Crippen molar-refractivity contribution in [1.82, 2.24) is 5.32 Å². The van der Waals surface area contributed by atoms with Crippen LogP contribution in [0.4, 0.5) is 11.4 Å². The quantitative estimate of drug-likeness (QED) is 0.471. The van der Waals surface area contributed by atoms with Gasteiger partial charge in [0.25, 0.3) is 11.6 Å². The van der Waals surface area contributed by atoms with E-state index in [1.54, 1.807) is 6.26 Å². The van der Waals surface area contributed by atoms with E-state index in [0.29, 0.717) is 0 Å². The molecule has 0 spiro atoms. The fraction of sp³-hybridized carbons (Fsp3) is 0.188. The lowest BCUT2D eigenvalue weighted by molar-refractivity contribution is -0.383. The number of nitrogen functional groups attached to an aromatic ring is 1. The summed E-state index contributed by atoms with van der Waals surface area (Å²) in [6, 6.07) is 12.5. The molecule has 0 fully saturated rings. The predicted octanol–water partition coefficient (Wildman–Crippen LogP) is 2.03. The minimum Gasteiger partial charge on any atom is -0.393 e. The Kier molecular flexibility index (Phi) is 5.64. The van der Waals surface area contributed by atoms with Crippen LogP contribution in [0.5, 0.6) is 0 Å². The molecular formula is C16H17N3O4S. The summed E-state index contributed by atoms with van der Waals surface area (Å²) in [6.45, 7) is 0. The first kappa shape index (κ1) is 17.6. The molecule has 0 radical (unpaired) electrons. The van der Waals surface area contributed by atoms with E-state index in [0.717, 1.165) is 11.6 Å². The van der Waals surface area contributed by atoms with Gasteiger partial charge in [0.05, 0.1) is 11.0 Å². The maximum absolute atomic E-state index is 12.4. The standard InChI is InChI=1S/C16H17N3O4S/c1-24(23)10-14(11-5-3-2-4-6-11)18-16(20)12-7-8-13(17)15(9-12)19(21)22/h2-9,14H,10,17H2,1H3,(H,18,20)/t14-,24-/m0/s1. The number of nitro groups is 1. The number of benzene rings is 2. The van der Waals surface area contributed by atoms with Gasteiger partial charge in [-0.25, -0.2) is 0 Å². The average molecular weight is 347 g/mol. The van der Waals surface area contributed by atoms with E-state index in [4.69, 9.17) is 5.73 Å². The van der Waals surface area contributed by atoms with Gasteiger partial charge in [-0.2, -0.15) is 0 Å². The highest BCUT2D eigenvalue weighted by Gasteiger charge is 2.20. The Morgan fingerprint density at radius 2 is 1.96 bits per heavy atom. The summed E-state index contributed by atoms with van der Waals surface area (Å²) in [5.74, 6) is -0.246. The van der Waals surface area contributed by atoms with E-state index in [2.05, 4.69) is 5.32 Å². The fourth-order valence-electron chi connectivity index (χ4n) is 2.23. The number of nitro benzene ring substituents is 1. The molecule has 0 aliphatic rings. The highest BCUT2D eigenvalue weighted by Crippen LogP contribution is 2.23. The van der Waals surface area contributed by atoms with E-state index >= 15 is 0 Å². The summed E-state index contributed by atoms with van der Waals surface area (Å²) < 4.78 is 11.6. The van der Waals surface area contributed by atoms with E-state index in [1.165, 1.54) is 12.1 Å². The summed E-state index contributed by atoms with van der Waals surface area (Å²) in [4.78, 5) is 22.7.